The van der Waals surface area contributed by atoms with Gasteiger partial charge in [-0.25, -0.2) is 0 Å². The number of amides is 2. The number of aromatic hydroxyl groups is 1. The van der Waals surface area contributed by atoms with Crippen molar-refractivity contribution in [3.63, 3.8) is 0 Å². The lowest BCUT2D eigenvalue weighted by Gasteiger charge is -2.16. The van der Waals surface area contributed by atoms with Crippen molar-refractivity contribution in [3.8, 4) is 5.75 Å². The fourth-order valence-corrected chi connectivity index (χ4v) is 2.96. The average Bonchev–Trinajstić information content (AvgIpc) is 2.55. The molecule has 0 saturated carbocycles. The van der Waals surface area contributed by atoms with Gasteiger partial charge in [0.2, 0.25) is 5.91 Å². The Balaban J connectivity index is 2.30. The Bertz CT molecular complexity index is 533. The maximum Gasteiger partial charge on any atom is 0.266 e. The number of hydrogen-bond donors (Lipinski definition) is 2. The molecule has 0 spiro atoms. The topological polar surface area (TPSA) is 69.6 Å². The van der Waals surface area contributed by atoms with E-state index in [1.54, 1.807) is 18.2 Å². The standard InChI is InChI=1S/C11H10N2O3S2/c1-6(14)12-9-10(16)13(11(17)18-9)7-4-2-3-5-8(7)15/h2-5,9,15H,1H3,(H,12,14). The minimum atomic E-state index is -0.727. The Morgan fingerprint density at radius 2 is 2.17 bits per heavy atom. The minimum absolute atomic E-state index is 0.0303. The van der Waals surface area contributed by atoms with E-state index in [-0.39, 0.29) is 17.6 Å². The molecule has 1 saturated heterocycles. The highest BCUT2D eigenvalue weighted by Crippen LogP contribution is 2.35. The molecule has 0 aromatic heterocycles. The van der Waals surface area contributed by atoms with Crippen molar-refractivity contribution in [2.75, 3.05) is 4.90 Å². The minimum Gasteiger partial charge on any atom is -0.506 e. The van der Waals surface area contributed by atoms with Crippen molar-refractivity contribution < 1.29 is 14.7 Å². The lowest BCUT2D eigenvalue weighted by atomic mass is 10.2. The van der Waals surface area contributed by atoms with E-state index in [1.807, 2.05) is 0 Å². The van der Waals surface area contributed by atoms with E-state index in [0.717, 1.165) is 11.8 Å². The zero-order valence-electron chi connectivity index (χ0n) is 9.41. The van der Waals surface area contributed by atoms with Crippen LogP contribution in [0.2, 0.25) is 0 Å². The van der Waals surface area contributed by atoms with E-state index in [1.165, 1.54) is 17.9 Å². The quantitative estimate of drug-likeness (QED) is 0.798. The van der Waals surface area contributed by atoms with Gasteiger partial charge in [0.05, 0.1) is 5.69 Å². The van der Waals surface area contributed by atoms with Crippen LogP contribution in [0.1, 0.15) is 6.92 Å². The van der Waals surface area contributed by atoms with E-state index in [9.17, 15) is 14.7 Å². The highest BCUT2D eigenvalue weighted by atomic mass is 32.2. The molecule has 1 aromatic carbocycles. The van der Waals surface area contributed by atoms with E-state index < -0.39 is 5.37 Å². The molecule has 1 aliphatic heterocycles. The van der Waals surface area contributed by atoms with Crippen molar-refractivity contribution in [2.45, 2.75) is 12.3 Å². The summed E-state index contributed by atoms with van der Waals surface area (Å²) < 4.78 is 0.306. The maximum atomic E-state index is 12.1. The number of benzene rings is 1. The number of hydrogen-bond acceptors (Lipinski definition) is 5. The Morgan fingerprint density at radius 3 is 2.78 bits per heavy atom. The highest BCUT2D eigenvalue weighted by molar-refractivity contribution is 8.25. The molecule has 1 unspecified atom stereocenters. The van der Waals surface area contributed by atoms with Crippen LogP contribution in [-0.2, 0) is 9.59 Å². The summed E-state index contributed by atoms with van der Waals surface area (Å²) in [6.07, 6.45) is 0. The third kappa shape index (κ3) is 2.32. The van der Waals surface area contributed by atoms with Crippen molar-refractivity contribution in [1.29, 1.82) is 0 Å². The largest absolute Gasteiger partial charge is 0.506 e. The maximum absolute atomic E-state index is 12.1. The summed E-state index contributed by atoms with van der Waals surface area (Å²) in [6, 6.07) is 6.42. The number of nitrogens with zero attached hydrogens (tertiary/aromatic N) is 1. The van der Waals surface area contributed by atoms with Gasteiger partial charge in [-0.15, -0.1) is 0 Å². The number of anilines is 1. The van der Waals surface area contributed by atoms with Crippen molar-refractivity contribution in [2.24, 2.45) is 0 Å². The van der Waals surface area contributed by atoms with Crippen molar-refractivity contribution >= 4 is 45.8 Å². The molecule has 18 heavy (non-hydrogen) atoms. The van der Waals surface area contributed by atoms with Gasteiger partial charge in [-0.1, -0.05) is 36.1 Å². The average molecular weight is 282 g/mol. The molecule has 0 aliphatic carbocycles. The number of nitrogens with one attached hydrogen (secondary N) is 1. The SMILES string of the molecule is CC(=O)NC1SC(=S)N(c2ccccc2O)C1=O. The lowest BCUT2D eigenvalue weighted by Crippen LogP contribution is -2.40. The van der Waals surface area contributed by atoms with Crippen LogP contribution in [0.5, 0.6) is 5.75 Å². The van der Waals surface area contributed by atoms with Crippen LogP contribution < -0.4 is 10.2 Å². The van der Waals surface area contributed by atoms with Crippen LogP contribution in [-0.4, -0.2) is 26.6 Å². The second kappa shape index (κ2) is 4.95. The summed E-state index contributed by atoms with van der Waals surface area (Å²) in [5, 5.41) is 11.5. The number of rotatable bonds is 2. The van der Waals surface area contributed by atoms with Gasteiger partial charge in [0, 0.05) is 6.92 Å². The molecule has 1 atom stereocenters. The Kier molecular flexibility index (Phi) is 3.53. The van der Waals surface area contributed by atoms with Crippen LogP contribution in [0.25, 0.3) is 0 Å². The second-order valence-corrected chi connectivity index (χ2v) is 5.37. The first-order chi connectivity index (χ1) is 8.50. The fraction of sp³-hybridized carbons (Fsp3) is 0.182. The number of carbonyl (C=O) groups is 2. The number of thiocarbonyl (C=S) groups is 1. The second-order valence-electron chi connectivity index (χ2n) is 3.63. The van der Waals surface area contributed by atoms with E-state index in [0.29, 0.717) is 10.0 Å². The van der Waals surface area contributed by atoms with Gasteiger partial charge in [0.1, 0.15) is 10.1 Å². The summed E-state index contributed by atoms with van der Waals surface area (Å²) in [5.74, 6) is -0.693. The predicted octanol–water partition coefficient (Wildman–Crippen LogP) is 1.22. The molecule has 2 N–H and O–H groups in total. The Labute approximate surface area is 113 Å². The third-order valence-corrected chi connectivity index (χ3v) is 3.71. The van der Waals surface area contributed by atoms with Gasteiger partial charge in [-0.05, 0) is 12.1 Å². The molecule has 1 fully saturated rings. The number of para-hydroxylation sites is 2. The third-order valence-electron chi connectivity index (χ3n) is 2.30. The molecule has 1 heterocycles. The number of phenols is 1. The Hall–Kier alpha value is -1.60. The van der Waals surface area contributed by atoms with E-state index >= 15 is 0 Å². The monoisotopic (exact) mass is 282 g/mol. The molecule has 2 amide bonds. The zero-order chi connectivity index (χ0) is 13.3. The van der Waals surface area contributed by atoms with Gasteiger partial charge < -0.3 is 10.4 Å². The predicted molar refractivity (Wildman–Crippen MR) is 73.4 cm³/mol. The molecular weight excluding hydrogens is 272 g/mol. The first kappa shape index (κ1) is 12.8. The summed E-state index contributed by atoms with van der Waals surface area (Å²) in [6.45, 7) is 1.33. The van der Waals surface area contributed by atoms with Crippen LogP contribution >= 0.6 is 24.0 Å². The molecule has 94 valence electrons. The van der Waals surface area contributed by atoms with Gasteiger partial charge in [0.15, 0.2) is 5.37 Å². The van der Waals surface area contributed by atoms with E-state index in [2.05, 4.69) is 5.32 Å². The number of phenolic OH excluding ortho intramolecular Hbond substituents is 1. The molecule has 0 radical (unpaired) electrons. The van der Waals surface area contributed by atoms with Crippen LogP contribution in [0.15, 0.2) is 24.3 Å². The molecule has 2 rings (SSSR count). The summed E-state index contributed by atoms with van der Waals surface area (Å²) in [5.41, 5.74) is 0.327. The molecule has 0 bridgehead atoms. The molecule has 7 heteroatoms. The van der Waals surface area contributed by atoms with Gasteiger partial charge in [0.25, 0.3) is 5.91 Å². The molecule has 5 nitrogen and oxygen atoms in total. The fourth-order valence-electron chi connectivity index (χ4n) is 1.56. The smallest absolute Gasteiger partial charge is 0.266 e. The number of thioether (sulfide) groups is 1. The van der Waals surface area contributed by atoms with Gasteiger partial charge >= 0.3 is 0 Å². The highest BCUT2D eigenvalue weighted by Gasteiger charge is 2.39. The van der Waals surface area contributed by atoms with Crippen LogP contribution in [0.3, 0.4) is 0 Å². The molecule has 1 aliphatic rings. The van der Waals surface area contributed by atoms with Crippen molar-refractivity contribution in [1.82, 2.24) is 5.32 Å². The summed E-state index contributed by atoms with van der Waals surface area (Å²) in [7, 11) is 0. The van der Waals surface area contributed by atoms with Gasteiger partial charge in [-0.2, -0.15) is 0 Å². The molecule has 1 aromatic rings. The van der Waals surface area contributed by atoms with E-state index in [4.69, 9.17) is 12.2 Å². The first-order valence-electron chi connectivity index (χ1n) is 5.10. The van der Waals surface area contributed by atoms with Crippen molar-refractivity contribution in [3.05, 3.63) is 24.3 Å². The molecular formula is C11H10N2O3S2. The normalized spacial score (nSPS) is 19.2. The summed E-state index contributed by atoms with van der Waals surface area (Å²) in [4.78, 5) is 24.3. The number of carbonyl (C=O) groups excluding carboxylic acids is 2. The summed E-state index contributed by atoms with van der Waals surface area (Å²) >= 11 is 6.17. The van der Waals surface area contributed by atoms with Crippen LogP contribution in [0, 0.1) is 0 Å². The Morgan fingerprint density at radius 1 is 1.50 bits per heavy atom. The first-order valence-corrected chi connectivity index (χ1v) is 6.39. The zero-order valence-corrected chi connectivity index (χ0v) is 11.0. The lowest BCUT2D eigenvalue weighted by molar-refractivity contribution is -0.123. The van der Waals surface area contributed by atoms with Gasteiger partial charge in [-0.3, -0.25) is 14.5 Å². The van der Waals surface area contributed by atoms with Crippen LogP contribution in [0.4, 0.5) is 5.69 Å².